The molecule has 1 amide bonds. The second-order valence-electron chi connectivity index (χ2n) is 9.80. The maximum Gasteiger partial charge on any atom is 0.307 e. The first kappa shape index (κ1) is 28.1. The van der Waals surface area contributed by atoms with Crippen LogP contribution >= 0.6 is 0 Å². The Morgan fingerprint density at radius 1 is 0.857 bits per heavy atom. The largest absolute Gasteiger partial charge is 0.486 e. The molecule has 0 aliphatic rings. The number of hydrazone groups is 1. The van der Waals surface area contributed by atoms with Crippen LogP contribution < -0.4 is 14.9 Å². The SMILES string of the molecule is Cc1ccc(C)n1-c1ccc(OCc2ccc(C(=O)N/N=C/c3cc(C)n(-c4ccc(OCC#N)cc4)c3C)o2)cc1. The van der Waals surface area contributed by atoms with Gasteiger partial charge >= 0.3 is 5.91 Å². The number of furan rings is 1. The number of aryl methyl sites for hydroxylation is 3. The Morgan fingerprint density at radius 2 is 1.48 bits per heavy atom. The number of hydrogen-bond donors (Lipinski definition) is 1. The Labute approximate surface area is 244 Å². The predicted octanol–water partition coefficient (Wildman–Crippen LogP) is 6.34. The monoisotopic (exact) mass is 561 g/mol. The smallest absolute Gasteiger partial charge is 0.307 e. The minimum atomic E-state index is -0.457. The Morgan fingerprint density at radius 3 is 2.12 bits per heavy atom. The molecule has 9 heteroatoms. The van der Waals surface area contributed by atoms with Crippen molar-refractivity contribution < 1.29 is 18.7 Å². The number of amides is 1. The molecule has 3 aromatic heterocycles. The van der Waals surface area contributed by atoms with Crippen molar-refractivity contribution in [2.24, 2.45) is 5.10 Å². The topological polar surface area (TPSA) is 107 Å². The zero-order chi connectivity index (χ0) is 29.6. The van der Waals surface area contributed by atoms with E-state index in [1.54, 1.807) is 18.3 Å². The summed E-state index contributed by atoms with van der Waals surface area (Å²) >= 11 is 0. The molecule has 0 saturated heterocycles. The van der Waals surface area contributed by atoms with Gasteiger partial charge in [-0.15, -0.1) is 0 Å². The lowest BCUT2D eigenvalue weighted by Crippen LogP contribution is -2.16. The number of hydrogen-bond acceptors (Lipinski definition) is 6. The molecule has 5 aromatic rings. The van der Waals surface area contributed by atoms with Crippen LogP contribution in [-0.2, 0) is 6.61 Å². The molecule has 0 aliphatic heterocycles. The molecule has 0 aliphatic carbocycles. The molecule has 0 fully saturated rings. The number of nitrogens with one attached hydrogen (secondary N) is 1. The average molecular weight is 562 g/mol. The summed E-state index contributed by atoms with van der Waals surface area (Å²) in [4.78, 5) is 12.6. The quantitative estimate of drug-likeness (QED) is 0.158. The van der Waals surface area contributed by atoms with Crippen LogP contribution in [0.2, 0.25) is 0 Å². The van der Waals surface area contributed by atoms with Crippen LogP contribution in [0.4, 0.5) is 0 Å². The van der Waals surface area contributed by atoms with E-state index in [9.17, 15) is 4.79 Å². The van der Waals surface area contributed by atoms with E-state index in [1.165, 1.54) is 11.4 Å². The number of nitriles is 1. The van der Waals surface area contributed by atoms with Crippen molar-refractivity contribution >= 4 is 12.1 Å². The maximum atomic E-state index is 12.6. The first-order valence-corrected chi connectivity index (χ1v) is 13.4. The minimum absolute atomic E-state index is 0.00394. The number of carbonyl (C=O) groups is 1. The molecular weight excluding hydrogens is 530 g/mol. The molecule has 1 N–H and O–H groups in total. The van der Waals surface area contributed by atoms with Crippen LogP contribution in [-0.4, -0.2) is 27.9 Å². The highest BCUT2D eigenvalue weighted by Gasteiger charge is 2.13. The van der Waals surface area contributed by atoms with Gasteiger partial charge in [0.1, 0.15) is 29.9 Å². The standard InChI is InChI=1S/C33H31N5O4/c1-22-5-6-23(2)37(22)27-7-13-30(14-8-27)41-21-31-15-16-32(42-31)33(39)36-35-20-26-19-24(3)38(25(26)4)28-9-11-29(12-10-28)40-18-17-34/h5-16,19-20H,18,21H2,1-4H3,(H,36,39)/b35-20+. The molecule has 3 heterocycles. The van der Waals surface area contributed by atoms with Gasteiger partial charge in [0.25, 0.3) is 0 Å². The van der Waals surface area contributed by atoms with E-state index in [-0.39, 0.29) is 19.0 Å². The third-order valence-electron chi connectivity index (χ3n) is 6.87. The molecule has 0 bridgehead atoms. The van der Waals surface area contributed by atoms with Crippen molar-refractivity contribution in [3.05, 3.63) is 119 Å². The Kier molecular flexibility index (Phi) is 8.25. The number of nitrogens with zero attached hydrogens (tertiary/aromatic N) is 4. The maximum absolute atomic E-state index is 12.6. The van der Waals surface area contributed by atoms with Crippen LogP contribution in [0.5, 0.6) is 11.5 Å². The predicted molar refractivity (Wildman–Crippen MR) is 160 cm³/mol. The summed E-state index contributed by atoms with van der Waals surface area (Å²) in [6.07, 6.45) is 1.61. The van der Waals surface area contributed by atoms with Gasteiger partial charge in [-0.25, -0.2) is 5.43 Å². The van der Waals surface area contributed by atoms with E-state index in [2.05, 4.69) is 45.6 Å². The molecule has 212 valence electrons. The van der Waals surface area contributed by atoms with Gasteiger partial charge < -0.3 is 23.0 Å². The Hall–Kier alpha value is -5.49. The second kappa shape index (κ2) is 12.4. The van der Waals surface area contributed by atoms with Crippen molar-refractivity contribution in [3.8, 4) is 28.9 Å². The lowest BCUT2D eigenvalue weighted by atomic mass is 10.2. The van der Waals surface area contributed by atoms with E-state index >= 15 is 0 Å². The fourth-order valence-corrected chi connectivity index (χ4v) is 4.84. The number of rotatable bonds is 10. The summed E-state index contributed by atoms with van der Waals surface area (Å²) in [6, 6.07) is 26.8. The lowest BCUT2D eigenvalue weighted by molar-refractivity contribution is 0.0923. The van der Waals surface area contributed by atoms with Gasteiger partial charge in [-0.2, -0.15) is 10.4 Å². The number of ether oxygens (including phenoxy) is 2. The number of benzene rings is 2. The highest BCUT2D eigenvalue weighted by Crippen LogP contribution is 2.23. The van der Waals surface area contributed by atoms with E-state index in [1.807, 2.05) is 74.5 Å². The van der Waals surface area contributed by atoms with Crippen LogP contribution in [0, 0.1) is 39.0 Å². The third-order valence-corrected chi connectivity index (χ3v) is 6.87. The van der Waals surface area contributed by atoms with Gasteiger partial charge in [0.05, 0.1) is 6.21 Å². The van der Waals surface area contributed by atoms with Gasteiger partial charge in [0, 0.05) is 39.7 Å². The summed E-state index contributed by atoms with van der Waals surface area (Å²) in [6.45, 7) is 8.31. The van der Waals surface area contributed by atoms with Gasteiger partial charge in [0.15, 0.2) is 12.4 Å². The van der Waals surface area contributed by atoms with E-state index in [4.69, 9.17) is 19.2 Å². The Bertz CT molecular complexity index is 1750. The fraction of sp³-hybridized carbons (Fsp3) is 0.182. The normalized spacial score (nSPS) is 11.0. The molecule has 0 unspecified atom stereocenters. The van der Waals surface area contributed by atoms with Crippen molar-refractivity contribution in [1.29, 1.82) is 5.26 Å². The van der Waals surface area contributed by atoms with Crippen LogP contribution in [0.3, 0.4) is 0 Å². The number of carbonyl (C=O) groups excluding carboxylic acids is 1. The van der Waals surface area contributed by atoms with Crippen molar-refractivity contribution in [3.63, 3.8) is 0 Å². The summed E-state index contributed by atoms with van der Waals surface area (Å²) in [5, 5.41) is 12.8. The zero-order valence-electron chi connectivity index (χ0n) is 23.9. The summed E-state index contributed by atoms with van der Waals surface area (Å²) in [5.41, 5.74) is 9.71. The summed E-state index contributed by atoms with van der Waals surface area (Å²) in [5.74, 6) is 1.55. The Balaban J connectivity index is 1.16. The van der Waals surface area contributed by atoms with Gasteiger partial charge in [-0.3, -0.25) is 4.79 Å². The van der Waals surface area contributed by atoms with Crippen LogP contribution in [0.25, 0.3) is 11.4 Å². The highest BCUT2D eigenvalue weighted by atomic mass is 16.5. The summed E-state index contributed by atoms with van der Waals surface area (Å²) < 4.78 is 21.1. The minimum Gasteiger partial charge on any atom is -0.486 e. The van der Waals surface area contributed by atoms with E-state index in [0.29, 0.717) is 17.3 Å². The molecule has 5 rings (SSSR count). The molecule has 2 aromatic carbocycles. The lowest BCUT2D eigenvalue weighted by Gasteiger charge is -2.10. The molecule has 0 atom stereocenters. The first-order chi connectivity index (χ1) is 20.3. The van der Waals surface area contributed by atoms with Crippen molar-refractivity contribution in [2.75, 3.05) is 6.61 Å². The molecule has 0 saturated carbocycles. The first-order valence-electron chi connectivity index (χ1n) is 13.4. The van der Waals surface area contributed by atoms with Gasteiger partial charge in [-0.05, 0) is 107 Å². The molecular formula is C33H31N5O4. The van der Waals surface area contributed by atoms with E-state index < -0.39 is 5.91 Å². The molecule has 9 nitrogen and oxygen atoms in total. The van der Waals surface area contributed by atoms with Crippen molar-refractivity contribution in [2.45, 2.75) is 34.3 Å². The average Bonchev–Trinajstić information content (AvgIpc) is 3.68. The third kappa shape index (κ3) is 6.13. The highest BCUT2D eigenvalue weighted by molar-refractivity contribution is 5.92. The fourth-order valence-electron chi connectivity index (χ4n) is 4.84. The zero-order valence-corrected chi connectivity index (χ0v) is 23.9. The second-order valence-corrected chi connectivity index (χ2v) is 9.80. The number of aromatic nitrogens is 2. The van der Waals surface area contributed by atoms with Crippen LogP contribution in [0.15, 0.2) is 88.4 Å². The van der Waals surface area contributed by atoms with Gasteiger partial charge in [0.2, 0.25) is 0 Å². The summed E-state index contributed by atoms with van der Waals surface area (Å²) in [7, 11) is 0. The van der Waals surface area contributed by atoms with E-state index in [0.717, 1.165) is 28.3 Å². The molecule has 42 heavy (non-hydrogen) atoms. The van der Waals surface area contributed by atoms with Crippen LogP contribution in [0.1, 0.15) is 44.7 Å². The van der Waals surface area contributed by atoms with Crippen molar-refractivity contribution in [1.82, 2.24) is 14.6 Å². The van der Waals surface area contributed by atoms with Gasteiger partial charge in [-0.1, -0.05) is 0 Å². The molecule has 0 spiro atoms. The molecule has 0 radical (unpaired) electrons.